The maximum absolute atomic E-state index is 13.3. The van der Waals surface area contributed by atoms with Crippen LogP contribution in [-0.4, -0.2) is 42.6 Å². The van der Waals surface area contributed by atoms with Gasteiger partial charge in [0.25, 0.3) is 5.91 Å². The highest BCUT2D eigenvalue weighted by molar-refractivity contribution is 8.19. The number of nitrogens with zero attached hydrogens (tertiary/aromatic N) is 1. The number of likely N-dealkylation sites (tertiary alicyclic amines) is 1. The quantitative estimate of drug-likeness (QED) is 0.684. The SMILES string of the molecule is C=C1C(C)C2(SCCCCS2)C(=O)N1C1SCCCCS1. The first kappa shape index (κ1) is 16.5. The Kier molecular flexibility index (Phi) is 5.50. The van der Waals surface area contributed by atoms with E-state index in [0.717, 1.165) is 28.7 Å². The average Bonchev–Trinajstić information content (AvgIpc) is 2.83. The minimum Gasteiger partial charge on any atom is -0.293 e. The molecule has 3 rings (SSSR count). The third kappa shape index (κ3) is 3.02. The van der Waals surface area contributed by atoms with Gasteiger partial charge in [0.2, 0.25) is 0 Å². The molecule has 1 unspecified atom stereocenters. The van der Waals surface area contributed by atoms with Crippen LogP contribution in [0.5, 0.6) is 0 Å². The molecule has 1 atom stereocenters. The summed E-state index contributed by atoms with van der Waals surface area (Å²) >= 11 is 7.62. The predicted molar refractivity (Wildman–Crippen MR) is 100.0 cm³/mol. The van der Waals surface area contributed by atoms with Gasteiger partial charge in [-0.25, -0.2) is 0 Å². The third-order valence-corrected chi connectivity index (χ3v) is 10.8. The van der Waals surface area contributed by atoms with Crippen molar-refractivity contribution in [2.24, 2.45) is 5.92 Å². The molecule has 6 heteroatoms. The smallest absolute Gasteiger partial charge is 0.255 e. The number of thioether (sulfide) groups is 4. The van der Waals surface area contributed by atoms with Crippen molar-refractivity contribution in [2.45, 2.75) is 41.4 Å². The topological polar surface area (TPSA) is 20.3 Å². The highest BCUT2D eigenvalue weighted by atomic mass is 32.2. The van der Waals surface area contributed by atoms with E-state index in [1.807, 2.05) is 47.0 Å². The van der Waals surface area contributed by atoms with Gasteiger partial charge in [-0.1, -0.05) is 13.5 Å². The summed E-state index contributed by atoms with van der Waals surface area (Å²) in [6.45, 7) is 6.51. The van der Waals surface area contributed by atoms with E-state index >= 15 is 0 Å². The summed E-state index contributed by atoms with van der Waals surface area (Å²) in [7, 11) is 0. The fourth-order valence-corrected chi connectivity index (χ4v) is 9.20. The van der Waals surface area contributed by atoms with Crippen LogP contribution in [0.1, 0.15) is 32.6 Å². The van der Waals surface area contributed by atoms with Crippen LogP contribution >= 0.6 is 47.0 Å². The molecule has 3 saturated heterocycles. The lowest BCUT2D eigenvalue weighted by Gasteiger charge is -2.29. The van der Waals surface area contributed by atoms with E-state index < -0.39 is 0 Å². The summed E-state index contributed by atoms with van der Waals surface area (Å²) in [5.74, 6) is 5.11. The molecule has 1 amide bonds. The molecule has 0 bridgehead atoms. The Bertz CT molecular complexity index is 412. The third-order valence-electron chi connectivity index (χ3n) is 4.34. The van der Waals surface area contributed by atoms with E-state index in [4.69, 9.17) is 0 Å². The lowest BCUT2D eigenvalue weighted by molar-refractivity contribution is -0.126. The van der Waals surface area contributed by atoms with Gasteiger partial charge in [0.1, 0.15) is 8.78 Å². The second-order valence-corrected chi connectivity index (χ2v) is 11.3. The number of carbonyl (C=O) groups is 1. The molecule has 3 fully saturated rings. The van der Waals surface area contributed by atoms with Crippen molar-refractivity contribution in [1.82, 2.24) is 4.90 Å². The van der Waals surface area contributed by atoms with Crippen LogP contribution in [0.25, 0.3) is 0 Å². The van der Waals surface area contributed by atoms with E-state index in [1.165, 1.54) is 25.7 Å². The second kappa shape index (κ2) is 7.02. The lowest BCUT2D eigenvalue weighted by Crippen LogP contribution is -2.39. The van der Waals surface area contributed by atoms with Crippen molar-refractivity contribution < 1.29 is 4.79 Å². The number of hydrogen-bond donors (Lipinski definition) is 0. The molecule has 21 heavy (non-hydrogen) atoms. The largest absolute Gasteiger partial charge is 0.293 e. The van der Waals surface area contributed by atoms with Gasteiger partial charge in [0.15, 0.2) is 0 Å². The van der Waals surface area contributed by atoms with Crippen molar-refractivity contribution >= 4 is 53.0 Å². The molecule has 1 spiro atoms. The number of hydrogen-bond acceptors (Lipinski definition) is 5. The van der Waals surface area contributed by atoms with Gasteiger partial charge < -0.3 is 0 Å². The molecule has 0 aromatic carbocycles. The molecule has 3 heterocycles. The average molecular weight is 362 g/mol. The monoisotopic (exact) mass is 361 g/mol. The number of rotatable bonds is 1. The molecule has 2 nitrogen and oxygen atoms in total. The van der Waals surface area contributed by atoms with Gasteiger partial charge >= 0.3 is 0 Å². The van der Waals surface area contributed by atoms with Crippen LogP contribution in [0.15, 0.2) is 12.3 Å². The summed E-state index contributed by atoms with van der Waals surface area (Å²) in [4.78, 5) is 15.3. The summed E-state index contributed by atoms with van der Waals surface area (Å²) < 4.78 is -0.0418. The van der Waals surface area contributed by atoms with Crippen LogP contribution in [0.4, 0.5) is 0 Å². The number of amides is 1. The van der Waals surface area contributed by atoms with Gasteiger partial charge in [0, 0.05) is 11.6 Å². The zero-order chi connectivity index (χ0) is 14.9. The van der Waals surface area contributed by atoms with Gasteiger partial charge in [-0.15, -0.1) is 47.0 Å². The van der Waals surface area contributed by atoms with E-state index in [9.17, 15) is 4.79 Å². The molecule has 0 N–H and O–H groups in total. The maximum atomic E-state index is 13.3. The van der Waals surface area contributed by atoms with Crippen LogP contribution in [0.3, 0.4) is 0 Å². The normalized spacial score (nSPS) is 31.5. The molecule has 3 aliphatic rings. The first-order chi connectivity index (χ1) is 10.2. The van der Waals surface area contributed by atoms with Crippen LogP contribution in [-0.2, 0) is 4.79 Å². The Morgan fingerprint density at radius 2 is 1.57 bits per heavy atom. The minimum atomic E-state index is -0.291. The molecule has 0 radical (unpaired) electrons. The number of carbonyl (C=O) groups excluding carboxylic acids is 1. The van der Waals surface area contributed by atoms with Crippen LogP contribution in [0.2, 0.25) is 0 Å². The summed E-state index contributed by atoms with van der Waals surface area (Å²) in [6, 6.07) is 0. The Balaban J connectivity index is 1.85. The molecule has 118 valence electrons. The first-order valence-corrected chi connectivity index (χ1v) is 11.8. The first-order valence-electron chi connectivity index (χ1n) is 7.70. The molecule has 0 aromatic rings. The molecule has 0 saturated carbocycles. The number of allylic oxidation sites excluding steroid dienone is 1. The van der Waals surface area contributed by atoms with Crippen molar-refractivity contribution in [3.8, 4) is 0 Å². The van der Waals surface area contributed by atoms with Crippen molar-refractivity contribution in [3.63, 3.8) is 0 Å². The molecular formula is C15H23NOS4. The van der Waals surface area contributed by atoms with Crippen LogP contribution < -0.4 is 0 Å². The Morgan fingerprint density at radius 3 is 2.14 bits per heavy atom. The van der Waals surface area contributed by atoms with E-state index in [2.05, 4.69) is 18.4 Å². The van der Waals surface area contributed by atoms with Crippen molar-refractivity contribution in [3.05, 3.63) is 12.3 Å². The zero-order valence-electron chi connectivity index (χ0n) is 12.5. The highest BCUT2D eigenvalue weighted by Crippen LogP contribution is 2.56. The second-order valence-electron chi connectivity index (χ2n) is 5.72. The Hall–Kier alpha value is 0.610. The van der Waals surface area contributed by atoms with Gasteiger partial charge in [-0.2, -0.15) is 0 Å². The standard InChI is InChI=1S/C15H23NOS4/c1-11-12(2)16(14-18-7-3-4-8-19-14)13(17)15(11)20-9-5-6-10-21-15/h11,14H,2-10H2,1H3. The van der Waals surface area contributed by atoms with Gasteiger partial charge in [-0.05, 0) is 48.7 Å². The van der Waals surface area contributed by atoms with E-state index in [1.54, 1.807) is 0 Å². The minimum absolute atomic E-state index is 0.249. The van der Waals surface area contributed by atoms with Gasteiger partial charge in [0.05, 0.1) is 0 Å². The van der Waals surface area contributed by atoms with E-state index in [-0.39, 0.29) is 14.7 Å². The van der Waals surface area contributed by atoms with E-state index in [0.29, 0.717) is 5.91 Å². The molecule has 0 aromatic heterocycles. The Morgan fingerprint density at radius 1 is 1.05 bits per heavy atom. The van der Waals surface area contributed by atoms with Crippen molar-refractivity contribution in [1.29, 1.82) is 0 Å². The summed E-state index contributed by atoms with van der Waals surface area (Å²) in [6.07, 6.45) is 5.01. The summed E-state index contributed by atoms with van der Waals surface area (Å²) in [5.41, 5.74) is 1.05. The molecule has 3 aliphatic heterocycles. The zero-order valence-corrected chi connectivity index (χ0v) is 15.8. The maximum Gasteiger partial charge on any atom is 0.255 e. The lowest BCUT2D eigenvalue weighted by atomic mass is 10.1. The van der Waals surface area contributed by atoms with Crippen LogP contribution in [0, 0.1) is 5.92 Å². The van der Waals surface area contributed by atoms with Gasteiger partial charge in [-0.3, -0.25) is 9.69 Å². The van der Waals surface area contributed by atoms with Crippen molar-refractivity contribution in [2.75, 3.05) is 23.0 Å². The fraction of sp³-hybridized carbons (Fsp3) is 0.800. The highest BCUT2D eigenvalue weighted by Gasteiger charge is 2.57. The Labute approximate surface area is 145 Å². The summed E-state index contributed by atoms with van der Waals surface area (Å²) in [5, 5.41) is 0. The molecule has 0 aliphatic carbocycles. The fourth-order valence-electron chi connectivity index (χ4n) is 2.98. The molecular weight excluding hydrogens is 338 g/mol. The predicted octanol–water partition coefficient (Wildman–Crippen LogP) is 4.48.